The molecule has 0 aliphatic rings. The zero-order valence-corrected chi connectivity index (χ0v) is 15.2. The first-order valence-electron chi connectivity index (χ1n) is 8.03. The van der Waals surface area contributed by atoms with E-state index in [-0.39, 0.29) is 0 Å². The van der Waals surface area contributed by atoms with Gasteiger partial charge in [0.1, 0.15) is 5.60 Å². The molecule has 0 amide bonds. The molecule has 0 saturated carbocycles. The Balaban J connectivity index is 2.80. The average Bonchev–Trinajstić information content (AvgIpc) is 2.44. The first-order valence-corrected chi connectivity index (χ1v) is 8.03. The highest BCUT2D eigenvalue weighted by Crippen LogP contribution is 2.22. The highest BCUT2D eigenvalue weighted by molar-refractivity contribution is 5.92. The van der Waals surface area contributed by atoms with Crippen molar-refractivity contribution in [1.29, 1.82) is 0 Å². The highest BCUT2D eigenvalue weighted by Gasteiger charge is 2.36. The molecule has 0 aliphatic heterocycles. The number of ether oxygens (including phenoxy) is 2. The SMILES string of the molecule is CCC(C)c1ccc(C(=O)OC(C)(C)C(=O)OC(C)(C)C)cc1. The Bertz CT molecular complexity index is 550. The van der Waals surface area contributed by atoms with Crippen LogP contribution in [0.25, 0.3) is 0 Å². The first kappa shape index (κ1) is 19.2. The molecule has 4 nitrogen and oxygen atoms in total. The Hall–Kier alpha value is -1.84. The van der Waals surface area contributed by atoms with Gasteiger partial charge in [0.05, 0.1) is 5.56 Å². The van der Waals surface area contributed by atoms with E-state index in [1.165, 1.54) is 19.4 Å². The lowest BCUT2D eigenvalue weighted by molar-refractivity contribution is -0.174. The summed E-state index contributed by atoms with van der Waals surface area (Å²) in [6.07, 6.45) is 1.04. The van der Waals surface area contributed by atoms with Crippen molar-refractivity contribution in [2.45, 2.75) is 72.0 Å². The molecule has 0 N–H and O–H groups in total. The van der Waals surface area contributed by atoms with Gasteiger partial charge in [0, 0.05) is 0 Å². The fourth-order valence-corrected chi connectivity index (χ4v) is 1.92. The molecule has 0 aliphatic carbocycles. The van der Waals surface area contributed by atoms with E-state index in [2.05, 4.69) is 13.8 Å². The molecule has 23 heavy (non-hydrogen) atoms. The van der Waals surface area contributed by atoms with Crippen LogP contribution in [0.15, 0.2) is 24.3 Å². The lowest BCUT2D eigenvalue weighted by atomic mass is 9.97. The Morgan fingerprint density at radius 3 is 1.96 bits per heavy atom. The van der Waals surface area contributed by atoms with Gasteiger partial charge in [-0.05, 0) is 64.7 Å². The summed E-state index contributed by atoms with van der Waals surface area (Å²) in [5.74, 6) is -0.649. The number of benzene rings is 1. The van der Waals surface area contributed by atoms with E-state index >= 15 is 0 Å². The summed E-state index contributed by atoms with van der Waals surface area (Å²) in [4.78, 5) is 24.4. The third-order valence-electron chi connectivity index (χ3n) is 3.57. The van der Waals surface area contributed by atoms with Crippen LogP contribution in [0.3, 0.4) is 0 Å². The summed E-state index contributed by atoms with van der Waals surface area (Å²) < 4.78 is 10.6. The predicted molar refractivity (Wildman–Crippen MR) is 90.5 cm³/mol. The van der Waals surface area contributed by atoms with Crippen LogP contribution in [0.1, 0.15) is 76.7 Å². The van der Waals surface area contributed by atoms with Gasteiger partial charge < -0.3 is 9.47 Å². The van der Waals surface area contributed by atoms with Crippen molar-refractivity contribution in [2.24, 2.45) is 0 Å². The maximum atomic E-state index is 12.3. The van der Waals surface area contributed by atoms with Gasteiger partial charge >= 0.3 is 11.9 Å². The molecule has 0 spiro atoms. The van der Waals surface area contributed by atoms with Gasteiger partial charge in [0.25, 0.3) is 0 Å². The van der Waals surface area contributed by atoms with Crippen molar-refractivity contribution in [3.63, 3.8) is 0 Å². The largest absolute Gasteiger partial charge is 0.457 e. The van der Waals surface area contributed by atoms with Crippen LogP contribution in [0, 0.1) is 0 Å². The van der Waals surface area contributed by atoms with Gasteiger partial charge in [-0.3, -0.25) is 0 Å². The van der Waals surface area contributed by atoms with Crippen LogP contribution in [0.4, 0.5) is 0 Å². The number of carbonyl (C=O) groups is 2. The zero-order chi connectivity index (χ0) is 17.8. The summed E-state index contributed by atoms with van der Waals surface area (Å²) in [5.41, 5.74) is -0.359. The molecule has 1 atom stereocenters. The van der Waals surface area contributed by atoms with Crippen LogP contribution in [-0.4, -0.2) is 23.1 Å². The number of carbonyl (C=O) groups excluding carboxylic acids is 2. The summed E-state index contributed by atoms with van der Waals surface area (Å²) >= 11 is 0. The quantitative estimate of drug-likeness (QED) is 0.751. The van der Waals surface area contributed by atoms with Crippen molar-refractivity contribution < 1.29 is 19.1 Å². The minimum absolute atomic E-state index is 0.425. The summed E-state index contributed by atoms with van der Waals surface area (Å²) in [5, 5.41) is 0. The first-order chi connectivity index (χ1) is 10.5. The molecule has 0 aromatic heterocycles. The number of esters is 2. The Kier molecular flexibility index (Phi) is 5.98. The standard InChI is InChI=1S/C19H28O4/c1-8-13(2)14-9-11-15(12-10-14)16(20)22-19(6,7)17(21)23-18(3,4)5/h9-13H,8H2,1-7H3. The van der Waals surface area contributed by atoms with Crippen LogP contribution in [0.5, 0.6) is 0 Å². The molecular formula is C19H28O4. The molecule has 4 heteroatoms. The van der Waals surface area contributed by atoms with Crippen molar-refractivity contribution in [3.8, 4) is 0 Å². The average molecular weight is 320 g/mol. The third-order valence-corrected chi connectivity index (χ3v) is 3.57. The normalized spacial score (nSPS) is 13.3. The van der Waals surface area contributed by atoms with Crippen LogP contribution in [0.2, 0.25) is 0 Å². The van der Waals surface area contributed by atoms with Gasteiger partial charge in [0.15, 0.2) is 0 Å². The minimum atomic E-state index is -1.33. The van der Waals surface area contributed by atoms with Crippen molar-refractivity contribution in [1.82, 2.24) is 0 Å². The fourth-order valence-electron chi connectivity index (χ4n) is 1.92. The van der Waals surface area contributed by atoms with Gasteiger partial charge in [0.2, 0.25) is 5.60 Å². The van der Waals surface area contributed by atoms with E-state index in [1.807, 2.05) is 12.1 Å². The molecule has 0 fully saturated rings. The lowest BCUT2D eigenvalue weighted by Crippen LogP contribution is -2.42. The molecule has 0 radical (unpaired) electrons. The highest BCUT2D eigenvalue weighted by atomic mass is 16.6. The third kappa shape index (κ3) is 5.70. The van der Waals surface area contributed by atoms with Crippen LogP contribution < -0.4 is 0 Å². The van der Waals surface area contributed by atoms with E-state index < -0.39 is 23.1 Å². The number of hydrogen-bond acceptors (Lipinski definition) is 4. The Morgan fingerprint density at radius 2 is 1.52 bits per heavy atom. The van der Waals surface area contributed by atoms with Crippen molar-refractivity contribution in [3.05, 3.63) is 35.4 Å². The topological polar surface area (TPSA) is 52.6 Å². The van der Waals surface area contributed by atoms with Crippen LogP contribution in [-0.2, 0) is 14.3 Å². The monoisotopic (exact) mass is 320 g/mol. The molecule has 0 bridgehead atoms. The maximum absolute atomic E-state index is 12.3. The molecule has 1 aromatic rings. The lowest BCUT2D eigenvalue weighted by Gasteiger charge is -2.28. The second-order valence-electron chi connectivity index (χ2n) is 7.33. The fraction of sp³-hybridized carbons (Fsp3) is 0.579. The molecule has 1 unspecified atom stereocenters. The minimum Gasteiger partial charge on any atom is -0.457 e. The number of hydrogen-bond donors (Lipinski definition) is 0. The smallest absolute Gasteiger partial charge is 0.350 e. The van der Waals surface area contributed by atoms with Gasteiger partial charge in [-0.25, -0.2) is 9.59 Å². The van der Waals surface area contributed by atoms with E-state index in [0.29, 0.717) is 11.5 Å². The molecule has 0 saturated heterocycles. The second kappa shape index (κ2) is 7.16. The van der Waals surface area contributed by atoms with E-state index in [9.17, 15) is 9.59 Å². The Labute approximate surface area is 139 Å². The van der Waals surface area contributed by atoms with Crippen LogP contribution >= 0.6 is 0 Å². The molecule has 0 heterocycles. The molecular weight excluding hydrogens is 292 g/mol. The maximum Gasteiger partial charge on any atom is 0.350 e. The van der Waals surface area contributed by atoms with E-state index in [0.717, 1.165) is 6.42 Å². The van der Waals surface area contributed by atoms with Gasteiger partial charge in [-0.15, -0.1) is 0 Å². The summed E-state index contributed by atoms with van der Waals surface area (Å²) in [6, 6.07) is 7.31. The van der Waals surface area contributed by atoms with E-state index in [4.69, 9.17) is 9.47 Å². The Morgan fingerprint density at radius 1 is 1.00 bits per heavy atom. The predicted octanol–water partition coefficient (Wildman–Crippen LogP) is 4.48. The second-order valence-corrected chi connectivity index (χ2v) is 7.33. The summed E-state index contributed by atoms with van der Waals surface area (Å²) in [7, 11) is 0. The molecule has 1 rings (SSSR count). The van der Waals surface area contributed by atoms with Crippen molar-refractivity contribution in [2.75, 3.05) is 0 Å². The van der Waals surface area contributed by atoms with Crippen molar-refractivity contribution >= 4 is 11.9 Å². The van der Waals surface area contributed by atoms with Gasteiger partial charge in [-0.1, -0.05) is 26.0 Å². The number of rotatable bonds is 5. The molecule has 128 valence electrons. The summed E-state index contributed by atoms with van der Waals surface area (Å²) in [6.45, 7) is 12.7. The zero-order valence-electron chi connectivity index (χ0n) is 15.2. The molecule has 1 aromatic carbocycles. The van der Waals surface area contributed by atoms with Gasteiger partial charge in [-0.2, -0.15) is 0 Å². The van der Waals surface area contributed by atoms with E-state index in [1.54, 1.807) is 32.9 Å².